The van der Waals surface area contributed by atoms with E-state index in [4.69, 9.17) is 9.47 Å². The van der Waals surface area contributed by atoms with Gasteiger partial charge in [-0.2, -0.15) is 0 Å². The van der Waals surface area contributed by atoms with Gasteiger partial charge in [0, 0.05) is 18.6 Å². The lowest BCUT2D eigenvalue weighted by molar-refractivity contribution is 0.165. The van der Waals surface area contributed by atoms with Crippen molar-refractivity contribution >= 4 is 0 Å². The Labute approximate surface area is 174 Å². The minimum Gasteiger partial charge on any atom is -0.490 e. The van der Waals surface area contributed by atoms with Gasteiger partial charge in [-0.25, -0.2) is 0 Å². The molecule has 1 aromatic rings. The van der Waals surface area contributed by atoms with Crippen LogP contribution < -0.4 is 9.47 Å². The van der Waals surface area contributed by atoms with Crippen LogP contribution in [-0.2, 0) is 6.54 Å². The van der Waals surface area contributed by atoms with Crippen molar-refractivity contribution in [2.24, 2.45) is 0 Å². The molecule has 0 aliphatic heterocycles. The molecule has 0 amide bonds. The van der Waals surface area contributed by atoms with Gasteiger partial charge in [0.15, 0.2) is 11.5 Å². The van der Waals surface area contributed by atoms with Crippen molar-refractivity contribution in [3.63, 3.8) is 0 Å². The minimum absolute atomic E-state index is 0.521. The molecule has 0 saturated heterocycles. The summed E-state index contributed by atoms with van der Waals surface area (Å²) in [5, 5.41) is 0. The molecule has 1 aromatic carbocycles. The number of nitrogens with zero attached hydrogens (tertiary/aromatic N) is 1. The fraction of sp³-hybridized carbons (Fsp3) is 0.760. The molecule has 0 aliphatic carbocycles. The molecule has 28 heavy (non-hydrogen) atoms. The van der Waals surface area contributed by atoms with Crippen LogP contribution in [-0.4, -0.2) is 30.2 Å². The topological polar surface area (TPSA) is 21.7 Å². The molecular formula is C25H45NO2. The van der Waals surface area contributed by atoms with E-state index >= 15 is 0 Å². The van der Waals surface area contributed by atoms with Crippen molar-refractivity contribution < 1.29 is 9.47 Å². The second-order valence-electron chi connectivity index (χ2n) is 8.46. The summed E-state index contributed by atoms with van der Waals surface area (Å²) in [7, 11) is 0. The molecular weight excluding hydrogens is 346 g/mol. The van der Waals surface area contributed by atoms with Crippen LogP contribution in [0.25, 0.3) is 0 Å². The summed E-state index contributed by atoms with van der Waals surface area (Å²) in [5.41, 5.74) is 1.30. The van der Waals surface area contributed by atoms with Gasteiger partial charge in [-0.1, -0.05) is 58.4 Å². The number of benzene rings is 1. The van der Waals surface area contributed by atoms with Crippen LogP contribution in [0.3, 0.4) is 0 Å². The van der Waals surface area contributed by atoms with Crippen LogP contribution in [0.2, 0.25) is 0 Å². The smallest absolute Gasteiger partial charge is 0.161 e. The fourth-order valence-corrected chi connectivity index (χ4v) is 3.48. The van der Waals surface area contributed by atoms with Gasteiger partial charge in [0.2, 0.25) is 0 Å². The molecule has 0 saturated carbocycles. The zero-order valence-electron chi connectivity index (χ0n) is 19.4. The Morgan fingerprint density at radius 2 is 1.25 bits per heavy atom. The third kappa shape index (κ3) is 9.82. The van der Waals surface area contributed by atoms with E-state index in [1.54, 1.807) is 0 Å². The van der Waals surface area contributed by atoms with Gasteiger partial charge in [-0.05, 0) is 58.2 Å². The molecule has 3 nitrogen and oxygen atoms in total. The molecule has 0 bridgehead atoms. The van der Waals surface area contributed by atoms with E-state index in [9.17, 15) is 0 Å². The maximum Gasteiger partial charge on any atom is 0.161 e. The van der Waals surface area contributed by atoms with E-state index in [0.29, 0.717) is 12.1 Å². The monoisotopic (exact) mass is 391 g/mol. The molecule has 0 N–H and O–H groups in total. The van der Waals surface area contributed by atoms with Crippen LogP contribution in [0.5, 0.6) is 11.5 Å². The first kappa shape index (κ1) is 24.8. The molecule has 0 spiro atoms. The lowest BCUT2D eigenvalue weighted by atomic mass is 10.1. The van der Waals surface area contributed by atoms with E-state index in [1.165, 1.54) is 44.1 Å². The Morgan fingerprint density at radius 3 is 1.75 bits per heavy atom. The van der Waals surface area contributed by atoms with Gasteiger partial charge in [-0.15, -0.1) is 0 Å². The summed E-state index contributed by atoms with van der Waals surface area (Å²) in [6.07, 6.45) is 9.76. The molecule has 0 unspecified atom stereocenters. The van der Waals surface area contributed by atoms with Crippen LogP contribution in [0.1, 0.15) is 98.5 Å². The lowest BCUT2D eigenvalue weighted by Gasteiger charge is -2.30. The average Bonchev–Trinajstić information content (AvgIpc) is 2.66. The third-order valence-corrected chi connectivity index (χ3v) is 5.21. The molecule has 0 atom stereocenters. The zero-order valence-corrected chi connectivity index (χ0v) is 19.4. The third-order valence-electron chi connectivity index (χ3n) is 5.21. The number of hydrogen-bond donors (Lipinski definition) is 0. The molecule has 0 aliphatic rings. The summed E-state index contributed by atoms with van der Waals surface area (Å²) >= 11 is 0. The van der Waals surface area contributed by atoms with Crippen LogP contribution >= 0.6 is 0 Å². The first-order valence-electron chi connectivity index (χ1n) is 11.6. The summed E-state index contributed by atoms with van der Waals surface area (Å²) in [4.78, 5) is 2.51. The van der Waals surface area contributed by atoms with E-state index in [1.807, 2.05) is 0 Å². The Hall–Kier alpha value is -1.22. The second kappa shape index (κ2) is 14.7. The molecule has 0 heterocycles. The number of hydrogen-bond acceptors (Lipinski definition) is 3. The first-order chi connectivity index (χ1) is 13.5. The lowest BCUT2D eigenvalue weighted by Crippen LogP contribution is -2.36. The fourth-order valence-electron chi connectivity index (χ4n) is 3.48. The molecule has 0 fully saturated rings. The normalized spacial score (nSPS) is 11.6. The van der Waals surface area contributed by atoms with Gasteiger partial charge in [-0.3, -0.25) is 4.90 Å². The van der Waals surface area contributed by atoms with Crippen molar-refractivity contribution in [3.05, 3.63) is 23.8 Å². The van der Waals surface area contributed by atoms with Gasteiger partial charge >= 0.3 is 0 Å². The highest BCUT2D eigenvalue weighted by molar-refractivity contribution is 5.43. The summed E-state index contributed by atoms with van der Waals surface area (Å²) in [6.45, 7) is 16.0. The minimum atomic E-state index is 0.521. The van der Waals surface area contributed by atoms with E-state index in [2.05, 4.69) is 64.6 Å². The Balaban J connectivity index is 2.77. The Bertz CT molecular complexity index is 505. The van der Waals surface area contributed by atoms with E-state index < -0.39 is 0 Å². The maximum absolute atomic E-state index is 6.16. The van der Waals surface area contributed by atoms with Crippen molar-refractivity contribution in [2.75, 3.05) is 13.2 Å². The van der Waals surface area contributed by atoms with Crippen molar-refractivity contribution in [1.82, 2.24) is 4.90 Å². The average molecular weight is 392 g/mol. The molecule has 0 radical (unpaired) electrons. The number of unbranched alkanes of at least 4 members (excludes halogenated alkanes) is 6. The second-order valence-corrected chi connectivity index (χ2v) is 8.46. The quantitative estimate of drug-likeness (QED) is 0.278. The highest BCUT2D eigenvalue weighted by Crippen LogP contribution is 2.30. The largest absolute Gasteiger partial charge is 0.490 e. The van der Waals surface area contributed by atoms with Crippen LogP contribution in [0.15, 0.2) is 18.2 Å². The van der Waals surface area contributed by atoms with E-state index in [-0.39, 0.29) is 0 Å². The van der Waals surface area contributed by atoms with Crippen molar-refractivity contribution in [1.29, 1.82) is 0 Å². The predicted molar refractivity (Wildman–Crippen MR) is 122 cm³/mol. The highest BCUT2D eigenvalue weighted by Gasteiger charge is 2.15. The van der Waals surface area contributed by atoms with E-state index in [0.717, 1.165) is 44.1 Å². The Kier molecular flexibility index (Phi) is 13.1. The predicted octanol–water partition coefficient (Wildman–Crippen LogP) is 7.22. The van der Waals surface area contributed by atoms with Gasteiger partial charge in [0.25, 0.3) is 0 Å². The molecule has 0 aromatic heterocycles. The number of ether oxygens (including phenoxy) is 2. The Morgan fingerprint density at radius 1 is 0.714 bits per heavy atom. The summed E-state index contributed by atoms with van der Waals surface area (Å²) in [6, 6.07) is 7.54. The molecule has 1 rings (SSSR count). The zero-order chi connectivity index (χ0) is 20.8. The maximum atomic E-state index is 6.16. The first-order valence-corrected chi connectivity index (χ1v) is 11.6. The van der Waals surface area contributed by atoms with Crippen molar-refractivity contribution in [2.45, 2.75) is 112 Å². The van der Waals surface area contributed by atoms with Crippen molar-refractivity contribution in [3.8, 4) is 11.5 Å². The SMILES string of the molecule is CCCCCCOc1ccc(CN(C(C)C)C(C)C)cc1OCCCCCC. The highest BCUT2D eigenvalue weighted by atomic mass is 16.5. The standard InChI is InChI=1S/C25H45NO2/c1-7-9-11-13-17-27-24-16-15-23(20-26(21(3)4)22(5)6)19-25(24)28-18-14-12-10-8-2/h15-16,19,21-22H,7-14,17-18,20H2,1-6H3. The number of rotatable bonds is 16. The summed E-state index contributed by atoms with van der Waals surface area (Å²) in [5.74, 6) is 1.81. The van der Waals surface area contributed by atoms with Gasteiger partial charge < -0.3 is 9.47 Å². The molecule has 162 valence electrons. The van der Waals surface area contributed by atoms with Gasteiger partial charge in [0.1, 0.15) is 0 Å². The summed E-state index contributed by atoms with van der Waals surface area (Å²) < 4.78 is 12.2. The molecule has 3 heteroatoms. The van der Waals surface area contributed by atoms with Crippen LogP contribution in [0.4, 0.5) is 0 Å². The van der Waals surface area contributed by atoms with Gasteiger partial charge in [0.05, 0.1) is 13.2 Å². The van der Waals surface area contributed by atoms with Crippen LogP contribution in [0, 0.1) is 0 Å².